The first-order valence-electron chi connectivity index (χ1n) is 8.46. The Hall–Kier alpha value is -2.27. The van der Waals surface area contributed by atoms with E-state index in [-0.39, 0.29) is 0 Å². The molecule has 0 fully saturated rings. The lowest BCUT2D eigenvalue weighted by Crippen LogP contribution is -1.93. The van der Waals surface area contributed by atoms with Crippen LogP contribution in [0.1, 0.15) is 37.6 Å². The van der Waals surface area contributed by atoms with Crippen LogP contribution in [0.5, 0.6) is 5.88 Å². The average Bonchev–Trinajstić information content (AvgIpc) is 3.18. The van der Waals surface area contributed by atoms with Crippen molar-refractivity contribution in [2.45, 2.75) is 41.0 Å². The summed E-state index contributed by atoms with van der Waals surface area (Å²) in [6.45, 7) is 10.2. The number of nitrogens with zero attached hydrogens (tertiary/aromatic N) is 3. The van der Waals surface area contributed by atoms with Crippen LogP contribution >= 0.6 is 11.3 Å². The standard InChI is InChI=1S/C9H8N2S.C9H13NO.C2H6/c1-7-3-2-4-11-9(7)8-5-10-6-12-8;1-4-8-5-6-9(11-3)10-7(8)2;1-2/h2-6H,1H3;5-6H,4H2,1-3H3;1-2H3. The van der Waals surface area contributed by atoms with Gasteiger partial charge in [-0.15, -0.1) is 11.3 Å². The molecule has 0 bridgehead atoms. The van der Waals surface area contributed by atoms with Gasteiger partial charge in [0.05, 0.1) is 23.2 Å². The molecule has 3 aromatic rings. The van der Waals surface area contributed by atoms with Crippen molar-refractivity contribution in [1.82, 2.24) is 15.0 Å². The van der Waals surface area contributed by atoms with Crippen molar-refractivity contribution < 1.29 is 4.74 Å². The minimum atomic E-state index is 0.694. The van der Waals surface area contributed by atoms with E-state index in [1.54, 1.807) is 18.4 Å². The number of aromatic nitrogens is 3. The van der Waals surface area contributed by atoms with E-state index in [1.165, 1.54) is 11.1 Å². The van der Waals surface area contributed by atoms with Crippen molar-refractivity contribution >= 4 is 11.3 Å². The number of hydrogen-bond acceptors (Lipinski definition) is 5. The first-order valence-corrected chi connectivity index (χ1v) is 9.34. The van der Waals surface area contributed by atoms with Gasteiger partial charge in [-0.05, 0) is 37.5 Å². The number of methoxy groups -OCH3 is 1. The van der Waals surface area contributed by atoms with Crippen LogP contribution in [0, 0.1) is 13.8 Å². The topological polar surface area (TPSA) is 47.9 Å². The Kier molecular flexibility index (Phi) is 9.40. The number of thiazole rings is 1. The second-order valence-corrected chi connectivity index (χ2v) is 5.87. The molecular weight excluding hydrogens is 330 g/mol. The Labute approximate surface area is 155 Å². The molecule has 0 saturated carbocycles. The third-order valence-corrected chi connectivity index (χ3v) is 4.21. The van der Waals surface area contributed by atoms with Gasteiger partial charge in [0.15, 0.2) is 0 Å². The van der Waals surface area contributed by atoms with Gasteiger partial charge in [0.2, 0.25) is 5.88 Å². The lowest BCUT2D eigenvalue weighted by atomic mass is 10.1. The lowest BCUT2D eigenvalue weighted by molar-refractivity contribution is 0.396. The Morgan fingerprint density at radius 1 is 1.12 bits per heavy atom. The van der Waals surface area contributed by atoms with Gasteiger partial charge in [0.1, 0.15) is 0 Å². The minimum absolute atomic E-state index is 0.694. The fourth-order valence-electron chi connectivity index (χ4n) is 2.13. The molecule has 0 atom stereocenters. The van der Waals surface area contributed by atoms with E-state index in [1.807, 2.05) is 50.8 Å². The maximum Gasteiger partial charge on any atom is 0.213 e. The zero-order valence-corrected chi connectivity index (χ0v) is 16.7. The highest BCUT2D eigenvalue weighted by atomic mass is 32.1. The molecule has 0 amide bonds. The normalized spacial score (nSPS) is 9.36. The van der Waals surface area contributed by atoms with Crippen molar-refractivity contribution in [1.29, 1.82) is 0 Å². The predicted molar refractivity (Wildman–Crippen MR) is 106 cm³/mol. The summed E-state index contributed by atoms with van der Waals surface area (Å²) < 4.78 is 4.98. The van der Waals surface area contributed by atoms with Crippen LogP contribution in [0.25, 0.3) is 10.6 Å². The fourth-order valence-corrected chi connectivity index (χ4v) is 2.81. The molecule has 0 radical (unpaired) electrons. The van der Waals surface area contributed by atoms with E-state index in [2.05, 4.69) is 40.9 Å². The maximum absolute atomic E-state index is 4.98. The molecule has 0 aromatic carbocycles. The van der Waals surface area contributed by atoms with Crippen LogP contribution < -0.4 is 4.74 Å². The highest BCUT2D eigenvalue weighted by Gasteiger charge is 2.02. The second kappa shape index (κ2) is 11.3. The summed E-state index contributed by atoms with van der Waals surface area (Å²) in [5.41, 5.74) is 6.41. The molecule has 3 aromatic heterocycles. The van der Waals surface area contributed by atoms with Gasteiger partial charge in [0.25, 0.3) is 0 Å². The molecule has 0 aliphatic rings. The molecule has 0 N–H and O–H groups in total. The second-order valence-electron chi connectivity index (χ2n) is 4.99. The molecule has 3 heterocycles. The van der Waals surface area contributed by atoms with E-state index < -0.39 is 0 Å². The van der Waals surface area contributed by atoms with E-state index in [0.29, 0.717) is 5.88 Å². The third-order valence-electron chi connectivity index (χ3n) is 3.43. The number of pyridine rings is 2. The summed E-state index contributed by atoms with van der Waals surface area (Å²) >= 11 is 1.62. The van der Waals surface area contributed by atoms with Crippen LogP contribution in [0.15, 0.2) is 42.2 Å². The highest BCUT2D eigenvalue weighted by Crippen LogP contribution is 2.23. The zero-order valence-electron chi connectivity index (χ0n) is 15.9. The Morgan fingerprint density at radius 2 is 1.88 bits per heavy atom. The molecule has 4 nitrogen and oxygen atoms in total. The predicted octanol–water partition coefficient (Wildman–Crippen LogP) is 5.50. The lowest BCUT2D eigenvalue weighted by Gasteiger charge is -2.03. The van der Waals surface area contributed by atoms with Gasteiger partial charge >= 0.3 is 0 Å². The van der Waals surface area contributed by atoms with Crippen LogP contribution in [0.2, 0.25) is 0 Å². The summed E-state index contributed by atoms with van der Waals surface area (Å²) in [6.07, 6.45) is 4.69. The molecule has 5 heteroatoms. The van der Waals surface area contributed by atoms with Gasteiger partial charge in [0, 0.05) is 24.2 Å². The Morgan fingerprint density at radius 3 is 2.40 bits per heavy atom. The van der Waals surface area contributed by atoms with Crippen LogP contribution in [-0.2, 0) is 6.42 Å². The van der Waals surface area contributed by atoms with Crippen molar-refractivity contribution in [3.05, 3.63) is 59.0 Å². The number of rotatable bonds is 3. The Balaban J connectivity index is 0.000000229. The van der Waals surface area contributed by atoms with Gasteiger partial charge in [-0.25, -0.2) is 4.98 Å². The Bertz CT molecular complexity index is 742. The van der Waals surface area contributed by atoms with Gasteiger partial charge < -0.3 is 4.74 Å². The smallest absolute Gasteiger partial charge is 0.213 e. The molecule has 134 valence electrons. The summed E-state index contributed by atoms with van der Waals surface area (Å²) in [5.74, 6) is 0.694. The summed E-state index contributed by atoms with van der Waals surface area (Å²) in [7, 11) is 1.63. The number of aryl methyl sites for hydroxylation is 3. The van der Waals surface area contributed by atoms with Crippen molar-refractivity contribution in [2.75, 3.05) is 7.11 Å². The zero-order chi connectivity index (χ0) is 18.7. The molecular formula is C20H27N3OS. The first kappa shape index (κ1) is 20.8. The fraction of sp³-hybridized carbons (Fsp3) is 0.350. The van der Waals surface area contributed by atoms with E-state index in [4.69, 9.17) is 4.74 Å². The van der Waals surface area contributed by atoms with Crippen molar-refractivity contribution in [2.24, 2.45) is 0 Å². The summed E-state index contributed by atoms with van der Waals surface area (Å²) in [5, 5.41) is 0. The molecule has 0 aliphatic heterocycles. The van der Waals surface area contributed by atoms with Crippen LogP contribution in [-0.4, -0.2) is 22.1 Å². The SMILES string of the molecule is CC.CCc1ccc(OC)nc1C.Cc1cccnc1-c1cncs1. The van der Waals surface area contributed by atoms with Gasteiger partial charge in [-0.1, -0.05) is 32.9 Å². The maximum atomic E-state index is 4.98. The van der Waals surface area contributed by atoms with E-state index in [9.17, 15) is 0 Å². The molecule has 3 rings (SSSR count). The molecule has 0 unspecified atom stereocenters. The monoisotopic (exact) mass is 357 g/mol. The average molecular weight is 358 g/mol. The minimum Gasteiger partial charge on any atom is -0.481 e. The van der Waals surface area contributed by atoms with Crippen LogP contribution in [0.4, 0.5) is 0 Å². The van der Waals surface area contributed by atoms with Crippen molar-refractivity contribution in [3.63, 3.8) is 0 Å². The number of ether oxygens (including phenoxy) is 1. The summed E-state index contributed by atoms with van der Waals surface area (Å²) in [4.78, 5) is 13.7. The molecule has 0 saturated heterocycles. The van der Waals surface area contributed by atoms with E-state index in [0.717, 1.165) is 22.7 Å². The largest absolute Gasteiger partial charge is 0.481 e. The molecule has 25 heavy (non-hydrogen) atoms. The number of hydrogen-bond donors (Lipinski definition) is 0. The first-order chi connectivity index (χ1) is 12.2. The highest BCUT2D eigenvalue weighted by molar-refractivity contribution is 7.13. The quantitative estimate of drug-likeness (QED) is 0.621. The van der Waals surface area contributed by atoms with Crippen molar-refractivity contribution in [3.8, 4) is 16.5 Å². The third kappa shape index (κ3) is 6.27. The molecule has 0 spiro atoms. The van der Waals surface area contributed by atoms with E-state index >= 15 is 0 Å². The van der Waals surface area contributed by atoms with Gasteiger partial charge in [-0.2, -0.15) is 0 Å². The van der Waals surface area contributed by atoms with Crippen LogP contribution in [0.3, 0.4) is 0 Å². The van der Waals surface area contributed by atoms with Gasteiger partial charge in [-0.3, -0.25) is 9.97 Å². The summed E-state index contributed by atoms with van der Waals surface area (Å²) in [6, 6.07) is 7.95. The molecule has 0 aliphatic carbocycles.